The van der Waals surface area contributed by atoms with E-state index in [9.17, 15) is 29.1 Å². The van der Waals surface area contributed by atoms with E-state index in [2.05, 4.69) is 13.8 Å². The van der Waals surface area contributed by atoms with E-state index in [1.54, 1.807) is 0 Å². The Balaban J connectivity index is -0.00000151. The number of carboxylic acid groups (broad SMARTS) is 2. The molecule has 0 fully saturated rings. The fourth-order valence-electron chi connectivity index (χ4n) is 5.18. The Morgan fingerprint density at radius 1 is 0.553 bits per heavy atom. The average molecular weight is 681 g/mol. The van der Waals surface area contributed by atoms with Gasteiger partial charge in [-0.25, -0.2) is 4.79 Å². The molecule has 3 amide bonds. The zero-order valence-electron chi connectivity index (χ0n) is 29.2. The Bertz CT molecular complexity index is 783. The second-order valence-electron chi connectivity index (χ2n) is 12.4. The van der Waals surface area contributed by atoms with Gasteiger partial charge in [-0.15, -0.1) is 0 Å². The molecule has 0 spiro atoms. The minimum atomic E-state index is -1.34. The van der Waals surface area contributed by atoms with E-state index in [1.807, 2.05) is 0 Å². The molecule has 11 nitrogen and oxygen atoms in total. The Hall–Kier alpha value is -1.53. The molecule has 47 heavy (non-hydrogen) atoms. The van der Waals surface area contributed by atoms with Gasteiger partial charge < -0.3 is 27.4 Å². The van der Waals surface area contributed by atoms with Crippen molar-refractivity contribution in [3.05, 3.63) is 0 Å². The number of hydrogen-bond donors (Lipinski definition) is 5. The van der Waals surface area contributed by atoms with Gasteiger partial charge in [0.1, 0.15) is 12.1 Å². The van der Waals surface area contributed by atoms with Crippen LogP contribution < -0.4 is 17.2 Å². The predicted molar refractivity (Wildman–Crippen MR) is 191 cm³/mol. The Kier molecular flexibility index (Phi) is 37.9. The molecule has 8 N–H and O–H groups in total. The number of primary amides is 1. The van der Waals surface area contributed by atoms with Gasteiger partial charge in [-0.2, -0.15) is 0 Å². The average Bonchev–Trinajstić information content (AvgIpc) is 3.01. The predicted octanol–water partition coefficient (Wildman–Crippen LogP) is 5.78. The normalized spacial score (nSPS) is 11.8. The van der Waals surface area contributed by atoms with Crippen LogP contribution in [0.25, 0.3) is 0 Å². The van der Waals surface area contributed by atoms with Crippen molar-refractivity contribution < 1.29 is 34.2 Å². The van der Waals surface area contributed by atoms with Crippen LogP contribution in [0.5, 0.6) is 0 Å². The van der Waals surface area contributed by atoms with E-state index in [1.165, 1.54) is 64.2 Å². The first-order valence-corrected chi connectivity index (χ1v) is 18.1. The SMILES string of the molecule is CCCCCCCCCCCC(=O)N(C(=O)CCCCCCCCCCC)C(CCC(N)=O)C(=O)O.NCCCCC(N)C(=O)O.[NaH]. The maximum absolute atomic E-state index is 13.0. The molecule has 0 saturated carbocycles. The van der Waals surface area contributed by atoms with E-state index in [-0.39, 0.29) is 55.2 Å². The number of nitrogens with zero attached hydrogens (tertiary/aromatic N) is 1. The summed E-state index contributed by atoms with van der Waals surface area (Å²) in [7, 11) is 0. The summed E-state index contributed by atoms with van der Waals surface area (Å²) < 4.78 is 0. The van der Waals surface area contributed by atoms with Crippen LogP contribution in [0.4, 0.5) is 0 Å². The monoisotopic (exact) mass is 681 g/mol. The molecular weight excluding hydrogens is 611 g/mol. The van der Waals surface area contributed by atoms with Crippen molar-refractivity contribution in [3.8, 4) is 0 Å². The zero-order valence-corrected chi connectivity index (χ0v) is 29.2. The molecule has 0 aliphatic rings. The molecule has 0 rings (SSSR count). The molecule has 2 atom stereocenters. The number of carboxylic acids is 2. The van der Waals surface area contributed by atoms with E-state index in [0.717, 1.165) is 56.3 Å². The van der Waals surface area contributed by atoms with Crippen LogP contribution in [-0.2, 0) is 24.0 Å². The summed E-state index contributed by atoms with van der Waals surface area (Å²) in [4.78, 5) is 60.1. The van der Waals surface area contributed by atoms with Crippen LogP contribution in [0, 0.1) is 0 Å². The Labute approximate surface area is 307 Å². The van der Waals surface area contributed by atoms with Crippen LogP contribution >= 0.6 is 0 Å². The molecule has 0 heterocycles. The first kappa shape index (κ1) is 49.9. The molecule has 0 bridgehead atoms. The fraction of sp³-hybridized carbons (Fsp3) is 0.857. The van der Waals surface area contributed by atoms with Gasteiger partial charge in [-0.3, -0.25) is 24.1 Å². The number of aliphatic carboxylic acids is 2. The van der Waals surface area contributed by atoms with Crippen molar-refractivity contribution in [2.75, 3.05) is 6.54 Å². The summed E-state index contributed by atoms with van der Waals surface area (Å²) in [6, 6.07) is -2.05. The molecule has 0 aromatic heterocycles. The van der Waals surface area contributed by atoms with Gasteiger partial charge in [0, 0.05) is 19.3 Å². The number of nitrogens with two attached hydrogens (primary N) is 3. The van der Waals surface area contributed by atoms with Crippen LogP contribution in [-0.4, -0.2) is 93.0 Å². The van der Waals surface area contributed by atoms with Gasteiger partial charge in [-0.1, -0.05) is 123 Å². The molecule has 0 aliphatic carbocycles. The summed E-state index contributed by atoms with van der Waals surface area (Å²) in [5.74, 6) is -3.74. The molecule has 0 aromatic rings. The number of amides is 3. The number of imide groups is 1. The van der Waals surface area contributed by atoms with E-state index in [4.69, 9.17) is 22.3 Å². The zero-order chi connectivity index (χ0) is 35.0. The molecule has 0 aliphatic heterocycles. The number of carbonyl (C=O) groups is 5. The van der Waals surface area contributed by atoms with Gasteiger partial charge >= 0.3 is 41.5 Å². The van der Waals surface area contributed by atoms with Gasteiger partial charge in [-0.05, 0) is 38.6 Å². The van der Waals surface area contributed by atoms with Crippen LogP contribution in [0.15, 0.2) is 0 Å². The van der Waals surface area contributed by atoms with Gasteiger partial charge in [0.05, 0.1) is 0 Å². The molecule has 0 saturated heterocycles. The molecule has 0 aromatic carbocycles. The van der Waals surface area contributed by atoms with Crippen molar-refractivity contribution in [2.24, 2.45) is 17.2 Å². The van der Waals surface area contributed by atoms with E-state index in [0.29, 0.717) is 25.8 Å². The van der Waals surface area contributed by atoms with E-state index >= 15 is 0 Å². The quantitative estimate of drug-likeness (QED) is 0.0459. The Morgan fingerprint density at radius 3 is 1.26 bits per heavy atom. The summed E-state index contributed by atoms with van der Waals surface area (Å²) >= 11 is 0. The van der Waals surface area contributed by atoms with Gasteiger partial charge in [0.15, 0.2) is 0 Å². The fourth-order valence-corrected chi connectivity index (χ4v) is 5.18. The van der Waals surface area contributed by atoms with Crippen LogP contribution in [0.3, 0.4) is 0 Å². The number of rotatable bonds is 30. The Morgan fingerprint density at radius 2 is 0.936 bits per heavy atom. The van der Waals surface area contributed by atoms with Crippen LogP contribution in [0.2, 0.25) is 0 Å². The summed E-state index contributed by atoms with van der Waals surface area (Å²) in [5, 5.41) is 18.0. The second-order valence-corrected chi connectivity index (χ2v) is 12.4. The molecule has 272 valence electrons. The molecule has 12 heteroatoms. The van der Waals surface area contributed by atoms with Crippen molar-refractivity contribution in [1.29, 1.82) is 0 Å². The first-order valence-electron chi connectivity index (χ1n) is 18.1. The topological polar surface area (TPSA) is 207 Å². The summed E-state index contributed by atoms with van der Waals surface area (Å²) in [6.07, 6.45) is 22.0. The number of carbonyl (C=O) groups excluding carboxylic acids is 3. The number of unbranched alkanes of at least 4 members (excludes halogenated alkanes) is 17. The molecular formula is C35H69N4NaO7. The van der Waals surface area contributed by atoms with Crippen molar-refractivity contribution in [2.45, 2.75) is 186 Å². The van der Waals surface area contributed by atoms with Crippen molar-refractivity contribution in [1.82, 2.24) is 4.90 Å². The third kappa shape index (κ3) is 31.5. The van der Waals surface area contributed by atoms with Crippen molar-refractivity contribution >= 4 is 59.2 Å². The second kappa shape index (κ2) is 35.8. The summed E-state index contributed by atoms with van der Waals surface area (Å²) in [6.45, 7) is 5.00. The van der Waals surface area contributed by atoms with E-state index < -0.39 is 41.7 Å². The summed E-state index contributed by atoms with van der Waals surface area (Å²) in [5.41, 5.74) is 15.6. The molecule has 2 unspecified atom stereocenters. The van der Waals surface area contributed by atoms with Gasteiger partial charge in [0.2, 0.25) is 17.7 Å². The number of hydrogen-bond acceptors (Lipinski definition) is 7. The third-order valence-corrected chi connectivity index (χ3v) is 8.07. The first-order chi connectivity index (χ1) is 22.0. The van der Waals surface area contributed by atoms with Crippen molar-refractivity contribution in [3.63, 3.8) is 0 Å². The van der Waals surface area contributed by atoms with Gasteiger partial charge in [0.25, 0.3) is 0 Å². The van der Waals surface area contributed by atoms with Crippen LogP contribution in [0.1, 0.15) is 174 Å². The molecule has 0 radical (unpaired) electrons. The third-order valence-electron chi connectivity index (χ3n) is 8.07. The minimum absolute atomic E-state index is 0. The standard InChI is InChI=1S/C29H54N2O5.C6H14N2O2.Na.H/c1-3-5-7-9-11-13-15-17-19-21-27(33)31(25(29(35)36)23-24-26(30)32)28(34)22-20-18-16-14-12-10-8-6-4-2;7-4-2-1-3-5(8)6(9)10;;/h25H,3-24H2,1-2H3,(H2,30,32)(H,35,36);5H,1-4,7-8H2,(H,9,10);;. The maximum atomic E-state index is 13.0.